The molecular formula is C20H27BN4O4. The maximum atomic E-state index is 12.7. The van der Waals surface area contributed by atoms with E-state index in [9.17, 15) is 4.79 Å². The van der Waals surface area contributed by atoms with Gasteiger partial charge in [0, 0.05) is 18.3 Å². The molecular weight excluding hydrogens is 371 g/mol. The molecule has 0 aliphatic carbocycles. The molecule has 154 valence electrons. The van der Waals surface area contributed by atoms with Crippen LogP contribution >= 0.6 is 0 Å². The Kier molecular flexibility index (Phi) is 4.51. The quantitative estimate of drug-likeness (QED) is 0.732. The number of carbonyl (C=O) groups is 1. The van der Waals surface area contributed by atoms with Crippen LogP contribution in [-0.2, 0) is 27.7 Å². The van der Waals surface area contributed by atoms with E-state index >= 15 is 0 Å². The number of amides is 1. The second kappa shape index (κ2) is 6.57. The first-order valence-electron chi connectivity index (χ1n) is 9.79. The topological polar surface area (TPSA) is 78.7 Å². The Morgan fingerprint density at radius 2 is 1.79 bits per heavy atom. The Balaban J connectivity index is 1.70. The number of hydrogen-bond donors (Lipinski definition) is 0. The van der Waals surface area contributed by atoms with Crippen molar-refractivity contribution in [1.29, 1.82) is 0 Å². The van der Waals surface area contributed by atoms with Gasteiger partial charge in [0.25, 0.3) is 5.91 Å². The predicted octanol–water partition coefficient (Wildman–Crippen LogP) is 1.66. The van der Waals surface area contributed by atoms with Gasteiger partial charge in [-0.2, -0.15) is 5.10 Å². The van der Waals surface area contributed by atoms with Gasteiger partial charge in [-0.25, -0.2) is 4.98 Å². The third kappa shape index (κ3) is 3.22. The van der Waals surface area contributed by atoms with E-state index in [0.29, 0.717) is 23.7 Å². The molecule has 2 aliphatic heterocycles. The Morgan fingerprint density at radius 1 is 1.14 bits per heavy atom. The molecule has 0 atom stereocenters. The van der Waals surface area contributed by atoms with Gasteiger partial charge in [-0.3, -0.25) is 14.4 Å². The molecule has 0 saturated carbocycles. The Hall–Kier alpha value is -2.39. The van der Waals surface area contributed by atoms with Crippen molar-refractivity contribution in [3.63, 3.8) is 0 Å². The van der Waals surface area contributed by atoms with E-state index in [2.05, 4.69) is 5.10 Å². The summed E-state index contributed by atoms with van der Waals surface area (Å²) in [5.74, 6) is 0.916. The molecule has 29 heavy (non-hydrogen) atoms. The van der Waals surface area contributed by atoms with Crippen molar-refractivity contribution in [2.45, 2.75) is 59.3 Å². The minimum atomic E-state index is -0.606. The second-order valence-electron chi connectivity index (χ2n) is 8.69. The predicted molar refractivity (Wildman–Crippen MR) is 109 cm³/mol. The summed E-state index contributed by atoms with van der Waals surface area (Å²) in [5.41, 5.74) is 2.61. The van der Waals surface area contributed by atoms with Crippen LogP contribution in [0.5, 0.6) is 5.75 Å². The van der Waals surface area contributed by atoms with Crippen molar-refractivity contribution in [3.05, 3.63) is 29.1 Å². The molecule has 2 aliphatic rings. The molecule has 1 amide bonds. The van der Waals surface area contributed by atoms with E-state index in [1.54, 1.807) is 4.90 Å². The van der Waals surface area contributed by atoms with Crippen LogP contribution in [0.15, 0.2) is 12.1 Å². The molecule has 1 fully saturated rings. The molecule has 0 bridgehead atoms. The molecule has 1 saturated heterocycles. The fraction of sp³-hybridized carbons (Fsp3) is 0.550. The highest BCUT2D eigenvalue weighted by Crippen LogP contribution is 2.37. The summed E-state index contributed by atoms with van der Waals surface area (Å²) in [5, 5.41) is 4.46. The van der Waals surface area contributed by atoms with Crippen molar-refractivity contribution in [3.8, 4) is 5.75 Å². The molecule has 0 spiro atoms. The zero-order valence-corrected chi connectivity index (χ0v) is 18.1. The van der Waals surface area contributed by atoms with Crippen molar-refractivity contribution in [2.75, 3.05) is 11.5 Å². The zero-order valence-electron chi connectivity index (χ0n) is 18.1. The molecule has 4 heterocycles. The normalized spacial score (nSPS) is 20.0. The lowest BCUT2D eigenvalue weighted by Gasteiger charge is -2.32. The van der Waals surface area contributed by atoms with Crippen LogP contribution in [0.1, 0.15) is 44.6 Å². The average molecular weight is 398 g/mol. The van der Waals surface area contributed by atoms with Crippen molar-refractivity contribution >= 4 is 24.4 Å². The third-order valence-electron chi connectivity index (χ3n) is 6.24. The van der Waals surface area contributed by atoms with E-state index in [1.165, 1.54) is 0 Å². The van der Waals surface area contributed by atoms with Gasteiger partial charge < -0.3 is 14.0 Å². The maximum absolute atomic E-state index is 12.7. The summed E-state index contributed by atoms with van der Waals surface area (Å²) >= 11 is 0. The number of hydrogen-bond acceptors (Lipinski definition) is 6. The van der Waals surface area contributed by atoms with Crippen molar-refractivity contribution in [2.24, 2.45) is 7.05 Å². The van der Waals surface area contributed by atoms with E-state index < -0.39 is 18.3 Å². The van der Waals surface area contributed by atoms with Crippen LogP contribution in [-0.4, -0.2) is 45.6 Å². The standard InChI is InChI=1S/C20H27BN4O4/c1-12-14(13(2)24(7)23-12)10-25-17(26)11-27-15-8-9-16(22-18(15)25)21-28-19(3,4)20(5,6)29-21/h8-9H,10-11H2,1-7H3. The summed E-state index contributed by atoms with van der Waals surface area (Å²) in [6, 6.07) is 3.65. The largest absolute Gasteiger partial charge is 0.514 e. The lowest BCUT2D eigenvalue weighted by atomic mass is 9.84. The minimum Gasteiger partial charge on any atom is -0.480 e. The van der Waals surface area contributed by atoms with Gasteiger partial charge in [-0.1, -0.05) is 0 Å². The first-order chi connectivity index (χ1) is 13.5. The second-order valence-corrected chi connectivity index (χ2v) is 8.69. The van der Waals surface area contributed by atoms with Crippen LogP contribution in [0.25, 0.3) is 0 Å². The molecule has 0 N–H and O–H groups in total. The summed E-state index contributed by atoms with van der Waals surface area (Å²) in [6.45, 7) is 12.3. The smallest absolute Gasteiger partial charge is 0.480 e. The highest BCUT2D eigenvalue weighted by atomic mass is 16.7. The van der Waals surface area contributed by atoms with Crippen molar-refractivity contribution in [1.82, 2.24) is 14.8 Å². The van der Waals surface area contributed by atoms with Crippen LogP contribution < -0.4 is 15.2 Å². The van der Waals surface area contributed by atoms with Crippen LogP contribution in [0.4, 0.5) is 5.82 Å². The number of aryl methyl sites for hydroxylation is 2. The first kappa shape index (κ1) is 19.9. The fourth-order valence-corrected chi connectivity index (χ4v) is 3.55. The van der Waals surface area contributed by atoms with Gasteiger partial charge in [-0.15, -0.1) is 0 Å². The number of pyridine rings is 1. The van der Waals surface area contributed by atoms with E-state index in [0.717, 1.165) is 17.0 Å². The Morgan fingerprint density at radius 3 is 2.38 bits per heavy atom. The number of carbonyl (C=O) groups excluding carboxylic acids is 1. The number of anilines is 1. The third-order valence-corrected chi connectivity index (χ3v) is 6.24. The SMILES string of the molecule is Cc1nn(C)c(C)c1CN1C(=O)COc2ccc(B3OC(C)(C)C(C)(C)O3)nc21. The van der Waals surface area contributed by atoms with Gasteiger partial charge >= 0.3 is 7.12 Å². The van der Waals surface area contributed by atoms with E-state index in [4.69, 9.17) is 19.0 Å². The maximum Gasteiger partial charge on any atom is 0.514 e. The minimum absolute atomic E-state index is 0.0110. The summed E-state index contributed by atoms with van der Waals surface area (Å²) in [6.07, 6.45) is 0. The Labute approximate surface area is 171 Å². The number of nitrogens with zero attached hydrogens (tertiary/aromatic N) is 4. The fourth-order valence-electron chi connectivity index (χ4n) is 3.55. The molecule has 2 aromatic rings. The van der Waals surface area contributed by atoms with Crippen LogP contribution in [0, 0.1) is 13.8 Å². The Bertz CT molecular complexity index is 969. The molecule has 4 rings (SSSR count). The van der Waals surface area contributed by atoms with Gasteiger partial charge in [0.15, 0.2) is 18.2 Å². The monoisotopic (exact) mass is 398 g/mol. The molecule has 0 radical (unpaired) electrons. The van der Waals surface area contributed by atoms with Gasteiger partial charge in [0.05, 0.1) is 29.0 Å². The molecule has 8 nitrogen and oxygen atoms in total. The summed E-state index contributed by atoms with van der Waals surface area (Å²) in [7, 11) is 1.29. The molecule has 0 aromatic carbocycles. The lowest BCUT2D eigenvalue weighted by molar-refractivity contribution is -0.121. The highest BCUT2D eigenvalue weighted by Gasteiger charge is 2.52. The highest BCUT2D eigenvalue weighted by molar-refractivity contribution is 6.61. The first-order valence-corrected chi connectivity index (χ1v) is 9.79. The molecule has 9 heteroatoms. The van der Waals surface area contributed by atoms with E-state index in [-0.39, 0.29) is 12.5 Å². The van der Waals surface area contributed by atoms with Crippen LogP contribution in [0.3, 0.4) is 0 Å². The van der Waals surface area contributed by atoms with Gasteiger partial charge in [0.2, 0.25) is 0 Å². The van der Waals surface area contributed by atoms with Gasteiger partial charge in [0.1, 0.15) is 0 Å². The van der Waals surface area contributed by atoms with Gasteiger partial charge in [-0.05, 0) is 53.7 Å². The van der Waals surface area contributed by atoms with Crippen molar-refractivity contribution < 1.29 is 18.8 Å². The average Bonchev–Trinajstić information content (AvgIpc) is 3.01. The number of rotatable bonds is 3. The van der Waals surface area contributed by atoms with Crippen LogP contribution in [0.2, 0.25) is 0 Å². The number of fused-ring (bicyclic) bond motifs is 1. The lowest BCUT2D eigenvalue weighted by Crippen LogP contribution is -2.42. The summed E-state index contributed by atoms with van der Waals surface area (Å²) in [4.78, 5) is 19.1. The van der Waals surface area contributed by atoms with E-state index in [1.807, 2.05) is 65.4 Å². The summed E-state index contributed by atoms with van der Waals surface area (Å²) < 4.78 is 19.7. The number of aromatic nitrogens is 3. The molecule has 2 aromatic heterocycles. The zero-order chi connectivity index (χ0) is 21.1. The molecule has 0 unspecified atom stereocenters. The number of ether oxygens (including phenoxy) is 1.